The number of aromatic hydroxyl groups is 2. The van der Waals surface area contributed by atoms with Crippen molar-refractivity contribution in [2.24, 2.45) is 5.73 Å². The Hall–Kier alpha value is -2.84. The molecule has 0 aliphatic rings. The first-order valence-electron chi connectivity index (χ1n) is 8.22. The molecule has 2 rings (SSSR count). The van der Waals surface area contributed by atoms with Crippen molar-refractivity contribution in [2.75, 3.05) is 6.61 Å². The molecular weight excluding hydrogens is 393 g/mol. The van der Waals surface area contributed by atoms with E-state index in [1.54, 1.807) is 0 Å². The predicted molar refractivity (Wildman–Crippen MR) is 101 cm³/mol. The Kier molecular flexibility index (Phi) is 8.69. The Morgan fingerprint density at radius 3 is 2.29 bits per heavy atom. The van der Waals surface area contributed by atoms with E-state index in [0.717, 1.165) is 12.1 Å². The van der Waals surface area contributed by atoms with Gasteiger partial charge in [0.25, 0.3) is 0 Å². The Labute approximate surface area is 167 Å². The Balaban J connectivity index is 0.00000392. The van der Waals surface area contributed by atoms with Gasteiger partial charge < -0.3 is 25.8 Å². The van der Waals surface area contributed by atoms with Gasteiger partial charge in [0.2, 0.25) is 0 Å². The van der Waals surface area contributed by atoms with Crippen LogP contribution in [0.1, 0.15) is 34.7 Å². The molecule has 9 heteroatoms. The van der Waals surface area contributed by atoms with Crippen LogP contribution in [0.25, 0.3) is 0 Å². The number of benzene rings is 2. The first kappa shape index (κ1) is 23.2. The Morgan fingerprint density at radius 1 is 1.07 bits per heavy atom. The molecule has 7 nitrogen and oxygen atoms in total. The van der Waals surface area contributed by atoms with Crippen LogP contribution in [0.15, 0.2) is 42.5 Å². The highest BCUT2D eigenvalue weighted by Gasteiger charge is 2.26. The summed E-state index contributed by atoms with van der Waals surface area (Å²) in [4.78, 5) is 23.1. The number of carboxylic acid groups (broad SMARTS) is 1. The molecule has 5 N–H and O–H groups in total. The maximum Gasteiger partial charge on any atom is 0.338 e. The summed E-state index contributed by atoms with van der Waals surface area (Å²) in [5, 5.41) is 28.2. The zero-order valence-corrected chi connectivity index (χ0v) is 15.6. The lowest BCUT2D eigenvalue weighted by Crippen LogP contribution is -2.36. The van der Waals surface area contributed by atoms with Crippen LogP contribution in [-0.2, 0) is 9.53 Å². The normalized spacial score (nSPS) is 12.5. The number of carbonyl (C=O) groups excluding carboxylic acids is 1. The van der Waals surface area contributed by atoms with E-state index in [2.05, 4.69) is 0 Å². The molecule has 0 aliphatic heterocycles. The van der Waals surface area contributed by atoms with Crippen molar-refractivity contribution < 1.29 is 34.0 Å². The van der Waals surface area contributed by atoms with Gasteiger partial charge in [-0.2, -0.15) is 0 Å². The number of rotatable bonds is 8. The van der Waals surface area contributed by atoms with Crippen LogP contribution >= 0.6 is 12.4 Å². The molecule has 2 aromatic carbocycles. The highest BCUT2D eigenvalue weighted by Crippen LogP contribution is 2.32. The van der Waals surface area contributed by atoms with E-state index in [9.17, 15) is 29.3 Å². The molecule has 0 saturated carbocycles. The maximum atomic E-state index is 12.9. The van der Waals surface area contributed by atoms with Gasteiger partial charge in [0.15, 0.2) is 11.5 Å². The second-order valence-corrected chi connectivity index (χ2v) is 6.00. The molecule has 0 amide bonds. The van der Waals surface area contributed by atoms with Crippen LogP contribution in [0.5, 0.6) is 11.5 Å². The number of hydrogen-bond acceptors (Lipinski definition) is 6. The minimum atomic E-state index is -1.23. The SMILES string of the molecule is Cl.N[C@H](C(=O)O)C(CCCOC(=O)c1ccc(F)cc1)c1ccc(O)c(O)c1. The number of halogens is 2. The minimum absolute atomic E-state index is 0. The maximum absolute atomic E-state index is 12.9. The van der Waals surface area contributed by atoms with Crippen LogP contribution in [0, 0.1) is 5.82 Å². The fourth-order valence-corrected chi connectivity index (χ4v) is 2.63. The molecule has 152 valence electrons. The van der Waals surface area contributed by atoms with Gasteiger partial charge in [0.1, 0.15) is 11.9 Å². The average Bonchev–Trinajstić information content (AvgIpc) is 2.64. The molecular formula is C19H21ClFNO6. The summed E-state index contributed by atoms with van der Waals surface area (Å²) in [7, 11) is 0. The molecule has 2 atom stereocenters. The standard InChI is InChI=1S/C19H20FNO6.ClH/c20-13-6-3-11(4-7-13)19(26)27-9-1-2-14(17(21)18(24)25)12-5-8-15(22)16(23)10-12;/h3-8,10,14,17,22-23H,1-2,9,21H2,(H,24,25);1H/t14?,17-;/m0./s1. The molecule has 0 aliphatic carbocycles. The highest BCUT2D eigenvalue weighted by molar-refractivity contribution is 5.89. The van der Waals surface area contributed by atoms with Crippen molar-refractivity contribution in [2.45, 2.75) is 24.8 Å². The lowest BCUT2D eigenvalue weighted by Gasteiger charge is -2.21. The van der Waals surface area contributed by atoms with Crippen molar-refractivity contribution in [1.29, 1.82) is 0 Å². The zero-order chi connectivity index (χ0) is 20.0. The number of ether oxygens (including phenoxy) is 1. The van der Waals surface area contributed by atoms with Gasteiger partial charge in [-0.05, 0) is 54.8 Å². The third-order valence-corrected chi connectivity index (χ3v) is 4.12. The summed E-state index contributed by atoms with van der Waals surface area (Å²) in [6.07, 6.45) is 0.592. The molecule has 0 fully saturated rings. The second-order valence-electron chi connectivity index (χ2n) is 6.00. The highest BCUT2D eigenvalue weighted by atomic mass is 35.5. The quantitative estimate of drug-likeness (QED) is 0.297. The van der Waals surface area contributed by atoms with Gasteiger partial charge in [-0.3, -0.25) is 4.79 Å². The molecule has 2 aromatic rings. The van der Waals surface area contributed by atoms with Crippen LogP contribution in [-0.4, -0.2) is 39.9 Å². The topological polar surface area (TPSA) is 130 Å². The lowest BCUT2D eigenvalue weighted by atomic mass is 9.87. The van der Waals surface area contributed by atoms with Crippen LogP contribution in [0.4, 0.5) is 4.39 Å². The summed E-state index contributed by atoms with van der Waals surface area (Å²) >= 11 is 0. The molecule has 0 aromatic heterocycles. The van der Waals surface area contributed by atoms with E-state index >= 15 is 0 Å². The van der Waals surface area contributed by atoms with E-state index < -0.39 is 29.7 Å². The summed E-state index contributed by atoms with van der Waals surface area (Å²) in [5.41, 5.74) is 6.40. The Morgan fingerprint density at radius 2 is 1.71 bits per heavy atom. The van der Waals surface area contributed by atoms with E-state index in [4.69, 9.17) is 10.5 Å². The molecule has 0 saturated heterocycles. The molecule has 28 heavy (non-hydrogen) atoms. The fraction of sp³-hybridized carbons (Fsp3) is 0.263. The number of carbonyl (C=O) groups is 2. The first-order chi connectivity index (χ1) is 12.8. The second kappa shape index (κ2) is 10.5. The summed E-state index contributed by atoms with van der Waals surface area (Å²) < 4.78 is 18.0. The minimum Gasteiger partial charge on any atom is -0.504 e. The molecule has 1 unspecified atom stereocenters. The summed E-state index contributed by atoms with van der Waals surface area (Å²) in [6, 6.07) is 7.66. The van der Waals surface area contributed by atoms with Crippen molar-refractivity contribution in [3.63, 3.8) is 0 Å². The zero-order valence-electron chi connectivity index (χ0n) is 14.7. The van der Waals surface area contributed by atoms with Crippen molar-refractivity contribution in [3.8, 4) is 11.5 Å². The predicted octanol–water partition coefficient (Wildman–Crippen LogP) is 2.79. The fourth-order valence-electron chi connectivity index (χ4n) is 2.63. The van der Waals surface area contributed by atoms with Crippen LogP contribution in [0.3, 0.4) is 0 Å². The first-order valence-corrected chi connectivity index (χ1v) is 8.22. The van der Waals surface area contributed by atoms with Crippen molar-refractivity contribution >= 4 is 24.3 Å². The monoisotopic (exact) mass is 413 g/mol. The van der Waals surface area contributed by atoms with Gasteiger partial charge >= 0.3 is 11.9 Å². The molecule has 0 radical (unpaired) electrons. The van der Waals surface area contributed by atoms with E-state index in [0.29, 0.717) is 12.0 Å². The van der Waals surface area contributed by atoms with Gasteiger partial charge in [-0.15, -0.1) is 12.4 Å². The molecule has 0 heterocycles. The smallest absolute Gasteiger partial charge is 0.338 e. The average molecular weight is 414 g/mol. The van der Waals surface area contributed by atoms with Gasteiger partial charge in [0.05, 0.1) is 12.2 Å². The number of aliphatic carboxylic acids is 1. The van der Waals surface area contributed by atoms with E-state index in [1.165, 1.54) is 30.3 Å². The largest absolute Gasteiger partial charge is 0.504 e. The number of phenolic OH excluding ortho intramolecular Hbond substituents is 2. The third kappa shape index (κ3) is 6.11. The Bertz CT molecular complexity index is 815. The summed E-state index contributed by atoms with van der Waals surface area (Å²) in [6.45, 7) is 0.0170. The van der Waals surface area contributed by atoms with Crippen LogP contribution < -0.4 is 5.73 Å². The molecule has 0 bridgehead atoms. The van der Waals surface area contributed by atoms with Crippen LogP contribution in [0.2, 0.25) is 0 Å². The number of nitrogens with two attached hydrogens (primary N) is 1. The summed E-state index contributed by atoms with van der Waals surface area (Å²) in [5.74, 6) is -3.65. The van der Waals surface area contributed by atoms with Gasteiger partial charge in [-0.1, -0.05) is 6.07 Å². The third-order valence-electron chi connectivity index (χ3n) is 4.12. The van der Waals surface area contributed by atoms with Crippen molar-refractivity contribution in [3.05, 3.63) is 59.4 Å². The van der Waals surface area contributed by atoms with E-state index in [-0.39, 0.29) is 42.5 Å². The van der Waals surface area contributed by atoms with Gasteiger partial charge in [0, 0.05) is 5.92 Å². The number of esters is 1. The number of hydrogen-bond donors (Lipinski definition) is 4. The van der Waals surface area contributed by atoms with E-state index in [1.807, 2.05) is 0 Å². The molecule has 0 spiro atoms. The number of carboxylic acids is 1. The lowest BCUT2D eigenvalue weighted by molar-refractivity contribution is -0.139. The van der Waals surface area contributed by atoms with Gasteiger partial charge in [-0.25, -0.2) is 9.18 Å². The van der Waals surface area contributed by atoms with Crippen molar-refractivity contribution in [1.82, 2.24) is 0 Å². The number of phenols is 2.